The first-order chi connectivity index (χ1) is 11.4. The maximum absolute atomic E-state index is 12.5. The molecule has 0 aliphatic heterocycles. The molecule has 1 aliphatic carbocycles. The highest BCUT2D eigenvalue weighted by Gasteiger charge is 2.16. The van der Waals surface area contributed by atoms with Crippen molar-refractivity contribution in [1.82, 2.24) is 0 Å². The molecule has 0 unspecified atom stereocenters. The van der Waals surface area contributed by atoms with Crippen LogP contribution in [0.15, 0.2) is 30.3 Å². The number of fused-ring (bicyclic) bond motifs is 1. The van der Waals surface area contributed by atoms with Gasteiger partial charge in [-0.25, -0.2) is 13.6 Å². The monoisotopic (exact) mass is 364 g/mol. The first-order valence-corrected chi connectivity index (χ1v) is 10.5. The van der Waals surface area contributed by atoms with E-state index in [1.807, 2.05) is 6.07 Å². The predicted molar refractivity (Wildman–Crippen MR) is 96.8 cm³/mol. The maximum Gasteiger partial charge on any atom is 0.265 e. The van der Waals surface area contributed by atoms with E-state index in [-0.39, 0.29) is 11.7 Å². The summed E-state index contributed by atoms with van der Waals surface area (Å²) in [7, 11) is -3.59. The van der Waals surface area contributed by atoms with Crippen LogP contribution in [0.1, 0.15) is 44.9 Å². The summed E-state index contributed by atoms with van der Waals surface area (Å²) in [4.78, 5) is 14.5. The molecule has 24 heavy (non-hydrogen) atoms. The van der Waals surface area contributed by atoms with Gasteiger partial charge < -0.3 is 5.32 Å². The predicted octanol–water partition coefficient (Wildman–Crippen LogP) is 3.06. The fraction of sp³-hybridized carbons (Fsp3) is 0.353. The quantitative estimate of drug-likeness (QED) is 0.817. The molecule has 1 aromatic heterocycles. The minimum absolute atomic E-state index is 0.152. The number of anilines is 1. The van der Waals surface area contributed by atoms with Crippen LogP contribution in [-0.2, 0) is 28.6 Å². The number of aryl methyl sites for hydroxylation is 2. The summed E-state index contributed by atoms with van der Waals surface area (Å²) in [5, 5.41) is 7.91. The average Bonchev–Trinajstić information content (AvgIpc) is 2.77. The van der Waals surface area contributed by atoms with E-state index >= 15 is 0 Å². The van der Waals surface area contributed by atoms with Crippen LogP contribution in [0, 0.1) is 0 Å². The van der Waals surface area contributed by atoms with E-state index in [2.05, 4.69) is 5.32 Å². The van der Waals surface area contributed by atoms with Crippen molar-refractivity contribution in [2.24, 2.45) is 5.14 Å². The molecule has 0 saturated carbocycles. The average molecular weight is 364 g/mol. The molecule has 0 radical (unpaired) electrons. The zero-order chi connectivity index (χ0) is 17.2. The molecule has 7 heteroatoms. The van der Waals surface area contributed by atoms with Gasteiger partial charge in [-0.3, -0.25) is 4.79 Å². The number of thiophene rings is 1. The Balaban J connectivity index is 1.74. The molecule has 0 fully saturated rings. The normalized spacial score (nSPS) is 14.7. The van der Waals surface area contributed by atoms with E-state index in [1.54, 1.807) is 35.6 Å². The van der Waals surface area contributed by atoms with Gasteiger partial charge >= 0.3 is 0 Å². The van der Waals surface area contributed by atoms with E-state index in [1.165, 1.54) is 29.7 Å². The van der Waals surface area contributed by atoms with Crippen molar-refractivity contribution in [2.75, 3.05) is 5.32 Å². The van der Waals surface area contributed by atoms with Crippen molar-refractivity contribution in [3.63, 3.8) is 0 Å². The van der Waals surface area contributed by atoms with Gasteiger partial charge in [0.2, 0.25) is 10.0 Å². The standard InChI is InChI=1S/C17H20N2O3S2/c18-24(21,22)11-12-5-4-7-14(9-12)19-17(20)16-10-13-6-2-1-3-8-15(13)23-16/h4-5,7,9-10H,1-3,6,8,11H2,(H,19,20)(H2,18,21,22). The summed E-state index contributed by atoms with van der Waals surface area (Å²) < 4.78 is 22.4. The lowest BCUT2D eigenvalue weighted by Crippen LogP contribution is -2.15. The van der Waals surface area contributed by atoms with Gasteiger partial charge in [-0.1, -0.05) is 18.6 Å². The number of primary sulfonamides is 1. The van der Waals surface area contributed by atoms with Gasteiger partial charge in [0.15, 0.2) is 0 Å². The van der Waals surface area contributed by atoms with Crippen LogP contribution < -0.4 is 10.5 Å². The number of rotatable bonds is 4. The molecule has 2 aromatic rings. The SMILES string of the molecule is NS(=O)(=O)Cc1cccc(NC(=O)c2cc3c(s2)CCCCC3)c1. The first-order valence-electron chi connectivity index (χ1n) is 7.93. The van der Waals surface area contributed by atoms with Crippen molar-refractivity contribution >= 4 is 33.0 Å². The number of amides is 1. The molecule has 3 rings (SSSR count). The number of hydrogen-bond donors (Lipinski definition) is 2. The molecule has 0 bridgehead atoms. The van der Waals surface area contributed by atoms with E-state index < -0.39 is 10.0 Å². The summed E-state index contributed by atoms with van der Waals surface area (Å²) in [6.07, 6.45) is 5.71. The van der Waals surface area contributed by atoms with Gasteiger partial charge in [0.1, 0.15) is 0 Å². The molecule has 3 N–H and O–H groups in total. The molecular weight excluding hydrogens is 344 g/mol. The second-order valence-corrected chi connectivity index (χ2v) is 8.83. The Labute approximate surface area is 145 Å². The molecular formula is C17H20N2O3S2. The molecule has 1 amide bonds. The molecule has 0 spiro atoms. The molecule has 5 nitrogen and oxygen atoms in total. The van der Waals surface area contributed by atoms with Gasteiger partial charge in [-0.15, -0.1) is 11.3 Å². The third-order valence-corrected chi connectivity index (χ3v) is 5.99. The molecule has 1 heterocycles. The maximum atomic E-state index is 12.5. The lowest BCUT2D eigenvalue weighted by molar-refractivity contribution is 0.103. The zero-order valence-corrected chi connectivity index (χ0v) is 14.9. The van der Waals surface area contributed by atoms with Gasteiger partial charge in [-0.2, -0.15) is 0 Å². The zero-order valence-electron chi connectivity index (χ0n) is 13.2. The van der Waals surface area contributed by atoms with Crippen LogP contribution in [0.4, 0.5) is 5.69 Å². The first kappa shape index (κ1) is 17.1. The van der Waals surface area contributed by atoms with Crippen molar-refractivity contribution in [3.8, 4) is 0 Å². The minimum Gasteiger partial charge on any atom is -0.321 e. The Hall–Kier alpha value is -1.70. The number of nitrogens with one attached hydrogen (secondary N) is 1. The fourth-order valence-electron chi connectivity index (χ4n) is 2.94. The molecule has 128 valence electrons. The van der Waals surface area contributed by atoms with Crippen LogP contribution >= 0.6 is 11.3 Å². The lowest BCUT2D eigenvalue weighted by Gasteiger charge is -2.06. The van der Waals surface area contributed by atoms with E-state index in [4.69, 9.17) is 5.14 Å². The summed E-state index contributed by atoms with van der Waals surface area (Å²) >= 11 is 1.56. The number of carbonyl (C=O) groups excluding carboxylic acids is 1. The van der Waals surface area contributed by atoms with Crippen LogP contribution in [-0.4, -0.2) is 14.3 Å². The van der Waals surface area contributed by atoms with Gasteiger partial charge in [0.05, 0.1) is 10.6 Å². The van der Waals surface area contributed by atoms with Crippen LogP contribution in [0.3, 0.4) is 0 Å². The minimum atomic E-state index is -3.59. The van der Waals surface area contributed by atoms with Crippen molar-refractivity contribution < 1.29 is 13.2 Å². The Morgan fingerprint density at radius 3 is 2.75 bits per heavy atom. The van der Waals surface area contributed by atoms with Gasteiger partial charge in [-0.05, 0) is 55.0 Å². The number of hydrogen-bond acceptors (Lipinski definition) is 4. The van der Waals surface area contributed by atoms with Crippen molar-refractivity contribution in [2.45, 2.75) is 37.9 Å². The summed E-state index contributed by atoms with van der Waals surface area (Å²) in [5.41, 5.74) is 2.42. The lowest BCUT2D eigenvalue weighted by atomic mass is 10.1. The summed E-state index contributed by atoms with van der Waals surface area (Å²) in [6, 6.07) is 8.76. The summed E-state index contributed by atoms with van der Waals surface area (Å²) in [6.45, 7) is 0. The third-order valence-electron chi connectivity index (χ3n) is 4.02. The van der Waals surface area contributed by atoms with E-state index in [9.17, 15) is 13.2 Å². The van der Waals surface area contributed by atoms with Gasteiger partial charge in [0.25, 0.3) is 5.91 Å². The van der Waals surface area contributed by atoms with Gasteiger partial charge in [0, 0.05) is 10.6 Å². The van der Waals surface area contributed by atoms with Crippen molar-refractivity contribution in [1.29, 1.82) is 0 Å². The number of carbonyl (C=O) groups is 1. The van der Waals surface area contributed by atoms with E-state index in [0.29, 0.717) is 16.1 Å². The fourth-order valence-corrected chi connectivity index (χ4v) is 4.74. The largest absolute Gasteiger partial charge is 0.321 e. The number of nitrogens with two attached hydrogens (primary N) is 1. The Morgan fingerprint density at radius 1 is 1.17 bits per heavy atom. The third kappa shape index (κ3) is 4.43. The second kappa shape index (κ2) is 7.04. The summed E-state index contributed by atoms with van der Waals surface area (Å²) in [5.74, 6) is -0.398. The highest BCUT2D eigenvalue weighted by atomic mass is 32.2. The Kier molecular flexibility index (Phi) is 5.03. The van der Waals surface area contributed by atoms with Crippen LogP contribution in [0.5, 0.6) is 0 Å². The Bertz CT molecular complexity index is 833. The molecule has 1 aromatic carbocycles. The molecule has 1 aliphatic rings. The highest BCUT2D eigenvalue weighted by Crippen LogP contribution is 2.29. The van der Waals surface area contributed by atoms with E-state index in [0.717, 1.165) is 12.8 Å². The number of benzene rings is 1. The topological polar surface area (TPSA) is 89.3 Å². The second-order valence-electron chi connectivity index (χ2n) is 6.08. The molecule has 0 atom stereocenters. The molecule has 0 saturated heterocycles. The van der Waals surface area contributed by atoms with Crippen LogP contribution in [0.2, 0.25) is 0 Å². The van der Waals surface area contributed by atoms with Crippen molar-refractivity contribution in [3.05, 3.63) is 51.2 Å². The number of sulfonamides is 1. The Morgan fingerprint density at radius 2 is 1.96 bits per heavy atom. The van der Waals surface area contributed by atoms with Crippen LogP contribution in [0.25, 0.3) is 0 Å². The smallest absolute Gasteiger partial charge is 0.265 e. The highest BCUT2D eigenvalue weighted by molar-refractivity contribution is 7.88.